The zero-order chi connectivity index (χ0) is 17.8. The van der Waals surface area contributed by atoms with Crippen LogP contribution < -0.4 is 10.2 Å². The number of hydrogen-bond acceptors (Lipinski definition) is 2. The fourth-order valence-corrected chi connectivity index (χ4v) is 3.17. The Hall–Kier alpha value is -1.91. The second kappa shape index (κ2) is 7.98. The van der Waals surface area contributed by atoms with Gasteiger partial charge in [-0.05, 0) is 42.3 Å². The smallest absolute Gasteiger partial charge is 0.321 e. The monoisotopic (exact) mass is 377 g/mol. The van der Waals surface area contributed by atoms with E-state index in [1.54, 1.807) is 6.07 Å². The lowest BCUT2D eigenvalue weighted by Gasteiger charge is -2.36. The normalized spacial score (nSPS) is 14.5. The number of nitrogens with one attached hydrogen (secondary N) is 1. The Bertz CT molecular complexity index is 741. The number of aryl methyl sites for hydroxylation is 1. The summed E-state index contributed by atoms with van der Waals surface area (Å²) in [4.78, 5) is 16.5. The first-order valence-electron chi connectivity index (χ1n) is 8.41. The Morgan fingerprint density at radius 1 is 1.00 bits per heavy atom. The van der Waals surface area contributed by atoms with E-state index in [0.29, 0.717) is 23.1 Å². The average molecular weight is 378 g/mol. The second-order valence-corrected chi connectivity index (χ2v) is 6.87. The molecule has 2 amide bonds. The fourth-order valence-electron chi connectivity index (χ4n) is 2.88. The van der Waals surface area contributed by atoms with Gasteiger partial charge in [-0.25, -0.2) is 4.79 Å². The zero-order valence-corrected chi connectivity index (χ0v) is 15.6. The van der Waals surface area contributed by atoms with Crippen molar-refractivity contribution in [3.63, 3.8) is 0 Å². The van der Waals surface area contributed by atoms with Gasteiger partial charge < -0.3 is 15.1 Å². The maximum atomic E-state index is 12.4. The second-order valence-electron chi connectivity index (χ2n) is 6.05. The van der Waals surface area contributed by atoms with Gasteiger partial charge in [-0.3, -0.25) is 0 Å². The molecule has 1 aliphatic heterocycles. The van der Waals surface area contributed by atoms with E-state index in [2.05, 4.69) is 17.1 Å². The van der Waals surface area contributed by atoms with Crippen molar-refractivity contribution in [2.75, 3.05) is 36.4 Å². The van der Waals surface area contributed by atoms with E-state index in [1.165, 1.54) is 5.56 Å². The van der Waals surface area contributed by atoms with E-state index >= 15 is 0 Å². The molecule has 1 saturated heterocycles. The van der Waals surface area contributed by atoms with Gasteiger partial charge in [0.05, 0.1) is 10.0 Å². The van der Waals surface area contributed by atoms with Gasteiger partial charge in [0.2, 0.25) is 0 Å². The van der Waals surface area contributed by atoms with Crippen molar-refractivity contribution in [3.05, 3.63) is 58.1 Å². The van der Waals surface area contributed by atoms with Crippen LogP contribution in [0, 0.1) is 0 Å². The van der Waals surface area contributed by atoms with Crippen molar-refractivity contribution in [1.29, 1.82) is 0 Å². The average Bonchev–Trinajstić information content (AvgIpc) is 2.65. The summed E-state index contributed by atoms with van der Waals surface area (Å²) in [6, 6.07) is 13.5. The molecule has 0 atom stereocenters. The molecule has 132 valence electrons. The van der Waals surface area contributed by atoms with Crippen LogP contribution in [-0.4, -0.2) is 37.1 Å². The van der Waals surface area contributed by atoms with Gasteiger partial charge >= 0.3 is 6.03 Å². The van der Waals surface area contributed by atoms with Crippen molar-refractivity contribution < 1.29 is 4.79 Å². The summed E-state index contributed by atoms with van der Waals surface area (Å²) in [7, 11) is 0. The summed E-state index contributed by atoms with van der Waals surface area (Å²) < 4.78 is 0. The third-order valence-corrected chi connectivity index (χ3v) is 5.19. The van der Waals surface area contributed by atoms with Crippen LogP contribution in [0.3, 0.4) is 0 Å². The maximum Gasteiger partial charge on any atom is 0.321 e. The van der Waals surface area contributed by atoms with Crippen LogP contribution in [0.25, 0.3) is 0 Å². The van der Waals surface area contributed by atoms with Gasteiger partial charge in [0.25, 0.3) is 0 Å². The lowest BCUT2D eigenvalue weighted by molar-refractivity contribution is 0.208. The van der Waals surface area contributed by atoms with E-state index in [9.17, 15) is 4.79 Å². The first-order chi connectivity index (χ1) is 12.1. The molecule has 1 heterocycles. The predicted molar refractivity (Wildman–Crippen MR) is 105 cm³/mol. The Morgan fingerprint density at radius 2 is 1.68 bits per heavy atom. The largest absolute Gasteiger partial charge is 0.368 e. The van der Waals surface area contributed by atoms with E-state index in [-0.39, 0.29) is 6.03 Å². The van der Waals surface area contributed by atoms with Crippen LogP contribution in [0.5, 0.6) is 0 Å². The fraction of sp³-hybridized carbons (Fsp3) is 0.316. The molecule has 0 aliphatic carbocycles. The summed E-state index contributed by atoms with van der Waals surface area (Å²) in [6.07, 6.45) is 0.991. The number of hydrogen-bond donors (Lipinski definition) is 1. The highest BCUT2D eigenvalue weighted by Crippen LogP contribution is 2.27. The Morgan fingerprint density at radius 3 is 2.28 bits per heavy atom. The van der Waals surface area contributed by atoms with Gasteiger partial charge in [0.15, 0.2) is 0 Å². The number of amides is 2. The minimum atomic E-state index is -0.0574. The highest BCUT2D eigenvalue weighted by atomic mass is 35.5. The van der Waals surface area contributed by atoms with Gasteiger partial charge in [-0.15, -0.1) is 0 Å². The van der Waals surface area contributed by atoms with Crippen molar-refractivity contribution in [3.8, 4) is 0 Å². The number of nitrogens with zero attached hydrogens (tertiary/aromatic N) is 2. The van der Waals surface area contributed by atoms with Crippen LogP contribution in [0.2, 0.25) is 10.0 Å². The van der Waals surface area contributed by atoms with Gasteiger partial charge in [-0.2, -0.15) is 0 Å². The minimum Gasteiger partial charge on any atom is -0.368 e. The van der Waals surface area contributed by atoms with Gasteiger partial charge in [-0.1, -0.05) is 42.3 Å². The molecule has 0 bridgehead atoms. The highest BCUT2D eigenvalue weighted by Gasteiger charge is 2.21. The minimum absolute atomic E-state index is 0.0574. The molecule has 1 fully saturated rings. The molecule has 0 aromatic heterocycles. The summed E-state index contributed by atoms with van der Waals surface area (Å²) in [5.41, 5.74) is 3.12. The lowest BCUT2D eigenvalue weighted by Crippen LogP contribution is -2.50. The first-order valence-corrected chi connectivity index (χ1v) is 9.17. The lowest BCUT2D eigenvalue weighted by atomic mass is 10.1. The Labute approximate surface area is 158 Å². The molecule has 25 heavy (non-hydrogen) atoms. The Kier molecular flexibility index (Phi) is 5.71. The molecule has 1 aliphatic rings. The molecule has 2 aromatic carbocycles. The number of piperazine rings is 1. The van der Waals surface area contributed by atoms with Gasteiger partial charge in [0, 0.05) is 37.6 Å². The molecular formula is C19H21Cl2N3O. The summed E-state index contributed by atoms with van der Waals surface area (Å²) >= 11 is 12.1. The SMILES string of the molecule is CCc1ccc(NC(=O)N2CCN(c3ccc(Cl)c(Cl)c3)CC2)cc1. The topological polar surface area (TPSA) is 35.6 Å². The molecular weight excluding hydrogens is 357 g/mol. The number of urea groups is 1. The van der Waals surface area contributed by atoms with Crippen LogP contribution >= 0.6 is 23.2 Å². The third kappa shape index (κ3) is 4.39. The standard InChI is InChI=1S/C19H21Cl2N3O/c1-2-14-3-5-15(6-4-14)22-19(25)24-11-9-23(10-12-24)16-7-8-17(20)18(21)13-16/h3-8,13H,2,9-12H2,1H3,(H,22,25). The molecule has 0 radical (unpaired) electrons. The van der Waals surface area contributed by atoms with E-state index < -0.39 is 0 Å². The molecule has 0 saturated carbocycles. The number of benzene rings is 2. The quantitative estimate of drug-likeness (QED) is 0.824. The molecule has 4 nitrogen and oxygen atoms in total. The summed E-state index contributed by atoms with van der Waals surface area (Å²) in [5, 5.41) is 4.07. The summed E-state index contributed by atoms with van der Waals surface area (Å²) in [6.45, 7) is 4.97. The molecule has 0 unspecified atom stereocenters. The predicted octanol–water partition coefficient (Wildman–Crippen LogP) is 4.91. The number of carbonyl (C=O) groups is 1. The number of anilines is 2. The van der Waals surface area contributed by atoms with Crippen molar-refractivity contribution >= 4 is 40.6 Å². The van der Waals surface area contributed by atoms with E-state index in [1.807, 2.05) is 41.3 Å². The van der Waals surface area contributed by atoms with Gasteiger partial charge in [0.1, 0.15) is 0 Å². The summed E-state index contributed by atoms with van der Waals surface area (Å²) in [5.74, 6) is 0. The van der Waals surface area contributed by atoms with Crippen LogP contribution in [0.4, 0.5) is 16.2 Å². The number of carbonyl (C=O) groups excluding carboxylic acids is 1. The van der Waals surface area contributed by atoms with Crippen LogP contribution in [0.1, 0.15) is 12.5 Å². The first kappa shape index (κ1) is 17.9. The number of rotatable bonds is 3. The zero-order valence-electron chi connectivity index (χ0n) is 14.1. The molecule has 3 rings (SSSR count). The molecule has 1 N–H and O–H groups in total. The van der Waals surface area contributed by atoms with Crippen LogP contribution in [0.15, 0.2) is 42.5 Å². The maximum absolute atomic E-state index is 12.4. The molecule has 2 aromatic rings. The third-order valence-electron chi connectivity index (χ3n) is 4.45. The Balaban J connectivity index is 1.55. The van der Waals surface area contributed by atoms with E-state index in [0.717, 1.165) is 30.9 Å². The van der Waals surface area contributed by atoms with Crippen molar-refractivity contribution in [2.24, 2.45) is 0 Å². The van der Waals surface area contributed by atoms with Crippen LogP contribution in [-0.2, 0) is 6.42 Å². The highest BCUT2D eigenvalue weighted by molar-refractivity contribution is 6.42. The molecule has 6 heteroatoms. The van der Waals surface area contributed by atoms with E-state index in [4.69, 9.17) is 23.2 Å². The van der Waals surface area contributed by atoms with Crippen molar-refractivity contribution in [1.82, 2.24) is 4.90 Å². The number of halogens is 2. The van der Waals surface area contributed by atoms with Crippen molar-refractivity contribution in [2.45, 2.75) is 13.3 Å². The molecule has 0 spiro atoms.